The summed E-state index contributed by atoms with van der Waals surface area (Å²) >= 11 is 13.0. The van der Waals surface area contributed by atoms with Crippen LogP contribution in [0.4, 0.5) is 10.8 Å². The van der Waals surface area contributed by atoms with Crippen LogP contribution in [0.3, 0.4) is 0 Å². The number of thiazole rings is 1. The fourth-order valence-corrected chi connectivity index (χ4v) is 3.12. The molecule has 0 spiro atoms. The maximum atomic E-state index is 12.0. The molecule has 3 rings (SSSR count). The van der Waals surface area contributed by atoms with Crippen molar-refractivity contribution in [1.29, 1.82) is 0 Å². The summed E-state index contributed by atoms with van der Waals surface area (Å²) in [5.74, 6) is -0.325. The lowest BCUT2D eigenvalue weighted by molar-refractivity contribution is -0.116. The highest BCUT2D eigenvalue weighted by atomic mass is 35.5. The highest BCUT2D eigenvalue weighted by Gasteiger charge is 2.12. The lowest BCUT2D eigenvalue weighted by Crippen LogP contribution is -2.13. The molecule has 134 valence electrons. The number of furan rings is 1. The molecule has 0 fully saturated rings. The molecule has 0 aliphatic rings. The van der Waals surface area contributed by atoms with Gasteiger partial charge in [0, 0.05) is 17.5 Å². The Balaban J connectivity index is 1.50. The number of aromatic nitrogens is 1. The van der Waals surface area contributed by atoms with Crippen LogP contribution in [0, 0.1) is 0 Å². The first-order chi connectivity index (χ1) is 12.5. The monoisotopic (exact) mass is 409 g/mol. The summed E-state index contributed by atoms with van der Waals surface area (Å²) in [6.45, 7) is 0. The number of carbonyl (C=O) groups excluding carboxylic acids is 2. The van der Waals surface area contributed by atoms with Crippen LogP contribution in [-0.2, 0) is 11.2 Å². The van der Waals surface area contributed by atoms with Crippen LogP contribution in [0.5, 0.6) is 0 Å². The Morgan fingerprint density at radius 2 is 2.00 bits per heavy atom. The minimum atomic E-state index is -0.367. The minimum absolute atomic E-state index is 0.169. The Hall–Kier alpha value is -2.35. The molecule has 6 nitrogen and oxygen atoms in total. The molecule has 26 heavy (non-hydrogen) atoms. The average Bonchev–Trinajstić information content (AvgIpc) is 3.28. The molecule has 0 saturated heterocycles. The summed E-state index contributed by atoms with van der Waals surface area (Å²) in [6, 6.07) is 8.09. The number of benzene rings is 1. The van der Waals surface area contributed by atoms with E-state index < -0.39 is 0 Å². The summed E-state index contributed by atoms with van der Waals surface area (Å²) < 4.78 is 5.02. The zero-order chi connectivity index (χ0) is 18.5. The first-order valence-electron chi connectivity index (χ1n) is 7.55. The van der Waals surface area contributed by atoms with Gasteiger partial charge in [-0.3, -0.25) is 14.9 Å². The van der Waals surface area contributed by atoms with Crippen molar-refractivity contribution in [2.75, 3.05) is 10.6 Å². The second kappa shape index (κ2) is 8.35. The van der Waals surface area contributed by atoms with Crippen LogP contribution >= 0.6 is 34.5 Å². The Morgan fingerprint density at radius 1 is 1.15 bits per heavy atom. The average molecular weight is 410 g/mol. The van der Waals surface area contributed by atoms with Crippen LogP contribution in [0.25, 0.3) is 0 Å². The van der Waals surface area contributed by atoms with Gasteiger partial charge in [-0.05, 0) is 36.8 Å². The number of carbonyl (C=O) groups is 2. The molecule has 0 bridgehead atoms. The van der Waals surface area contributed by atoms with Crippen LogP contribution in [0.2, 0.25) is 10.0 Å². The summed E-state index contributed by atoms with van der Waals surface area (Å²) in [4.78, 5) is 28.2. The van der Waals surface area contributed by atoms with Crippen molar-refractivity contribution in [2.45, 2.75) is 12.8 Å². The maximum Gasteiger partial charge on any atom is 0.293 e. The predicted molar refractivity (Wildman–Crippen MR) is 102 cm³/mol. The van der Waals surface area contributed by atoms with E-state index >= 15 is 0 Å². The normalized spacial score (nSPS) is 10.5. The van der Waals surface area contributed by atoms with Gasteiger partial charge >= 0.3 is 0 Å². The van der Waals surface area contributed by atoms with Crippen molar-refractivity contribution in [3.05, 3.63) is 63.5 Å². The van der Waals surface area contributed by atoms with Gasteiger partial charge in [0.05, 0.1) is 22.0 Å². The lowest BCUT2D eigenvalue weighted by Gasteiger charge is -2.05. The van der Waals surface area contributed by atoms with E-state index in [2.05, 4.69) is 15.6 Å². The SMILES string of the molecule is O=C(CCc1csc(NC(=O)c2ccco2)n1)Nc1ccc(Cl)c(Cl)c1. The molecule has 3 aromatic rings. The van der Waals surface area contributed by atoms with Gasteiger partial charge < -0.3 is 9.73 Å². The van der Waals surface area contributed by atoms with Crippen molar-refractivity contribution < 1.29 is 14.0 Å². The standard InChI is InChI=1S/C17H13Cl2N3O3S/c18-12-5-3-10(8-13(12)19)20-15(23)6-4-11-9-26-17(21-11)22-16(24)14-2-1-7-25-14/h1-3,5,7-9H,4,6H2,(H,20,23)(H,21,22,24). The Morgan fingerprint density at radius 3 is 2.73 bits per heavy atom. The van der Waals surface area contributed by atoms with E-state index in [9.17, 15) is 9.59 Å². The smallest absolute Gasteiger partial charge is 0.293 e. The number of aryl methyl sites for hydroxylation is 1. The number of nitrogens with one attached hydrogen (secondary N) is 2. The van der Waals surface area contributed by atoms with Gasteiger partial charge in [0.25, 0.3) is 5.91 Å². The first-order valence-corrected chi connectivity index (χ1v) is 9.19. The highest BCUT2D eigenvalue weighted by molar-refractivity contribution is 7.14. The van der Waals surface area contributed by atoms with Gasteiger partial charge in [-0.1, -0.05) is 23.2 Å². The minimum Gasteiger partial charge on any atom is -0.459 e. The molecule has 2 amide bonds. The van der Waals surface area contributed by atoms with Crippen LogP contribution in [0.1, 0.15) is 22.7 Å². The molecule has 2 heterocycles. The number of hydrogen-bond donors (Lipinski definition) is 2. The zero-order valence-electron chi connectivity index (χ0n) is 13.3. The van der Waals surface area contributed by atoms with E-state index in [0.29, 0.717) is 33.0 Å². The molecule has 1 aromatic carbocycles. The molecular formula is C17H13Cl2N3O3S. The fourth-order valence-electron chi connectivity index (χ4n) is 2.08. The summed E-state index contributed by atoms with van der Waals surface area (Å²) in [7, 11) is 0. The van der Waals surface area contributed by atoms with Crippen LogP contribution < -0.4 is 10.6 Å². The largest absolute Gasteiger partial charge is 0.459 e. The number of anilines is 2. The highest BCUT2D eigenvalue weighted by Crippen LogP contribution is 2.25. The van der Waals surface area contributed by atoms with E-state index in [1.165, 1.54) is 17.6 Å². The van der Waals surface area contributed by atoms with Gasteiger partial charge in [0.1, 0.15) is 0 Å². The third-order valence-electron chi connectivity index (χ3n) is 3.33. The van der Waals surface area contributed by atoms with Crippen molar-refractivity contribution in [2.24, 2.45) is 0 Å². The Labute approximate surface area is 163 Å². The predicted octanol–water partition coefficient (Wildman–Crippen LogP) is 4.87. The molecule has 0 aliphatic carbocycles. The van der Waals surface area contributed by atoms with Crippen molar-refractivity contribution in [3.63, 3.8) is 0 Å². The summed E-state index contributed by atoms with van der Waals surface area (Å²) in [5.41, 5.74) is 1.29. The second-order valence-electron chi connectivity index (χ2n) is 5.25. The molecule has 2 aromatic heterocycles. The third kappa shape index (κ3) is 4.85. The molecule has 0 atom stereocenters. The van der Waals surface area contributed by atoms with Crippen LogP contribution in [0.15, 0.2) is 46.4 Å². The molecule has 0 unspecified atom stereocenters. The molecule has 0 radical (unpaired) electrons. The fraction of sp³-hybridized carbons (Fsp3) is 0.118. The van der Waals surface area contributed by atoms with E-state index in [-0.39, 0.29) is 24.0 Å². The van der Waals surface area contributed by atoms with E-state index in [1.807, 2.05) is 0 Å². The number of halogens is 2. The van der Waals surface area contributed by atoms with Gasteiger partial charge in [-0.2, -0.15) is 0 Å². The lowest BCUT2D eigenvalue weighted by atomic mass is 10.2. The number of rotatable bonds is 6. The maximum absolute atomic E-state index is 12.0. The molecule has 9 heteroatoms. The van der Waals surface area contributed by atoms with Gasteiger partial charge in [-0.25, -0.2) is 4.98 Å². The van der Waals surface area contributed by atoms with E-state index in [1.54, 1.807) is 35.7 Å². The first kappa shape index (κ1) is 18.4. The second-order valence-corrected chi connectivity index (χ2v) is 6.92. The topological polar surface area (TPSA) is 84.2 Å². The summed E-state index contributed by atoms with van der Waals surface area (Å²) in [6.07, 6.45) is 2.12. The van der Waals surface area contributed by atoms with Gasteiger partial charge in [-0.15, -0.1) is 11.3 Å². The number of amides is 2. The number of nitrogens with zero attached hydrogens (tertiary/aromatic N) is 1. The third-order valence-corrected chi connectivity index (χ3v) is 4.87. The Bertz CT molecular complexity index is 925. The van der Waals surface area contributed by atoms with Gasteiger partial charge in [0.2, 0.25) is 5.91 Å². The molecule has 0 aliphatic heterocycles. The molecular weight excluding hydrogens is 397 g/mol. The quantitative estimate of drug-likeness (QED) is 0.608. The van der Waals surface area contributed by atoms with Crippen molar-refractivity contribution in [1.82, 2.24) is 4.98 Å². The summed E-state index contributed by atoms with van der Waals surface area (Å²) in [5, 5.41) is 8.45. The van der Waals surface area contributed by atoms with Crippen molar-refractivity contribution >= 4 is 57.2 Å². The van der Waals surface area contributed by atoms with Gasteiger partial charge in [0.15, 0.2) is 10.9 Å². The molecule has 2 N–H and O–H groups in total. The van der Waals surface area contributed by atoms with Crippen molar-refractivity contribution in [3.8, 4) is 0 Å². The van der Waals surface area contributed by atoms with Crippen LogP contribution in [-0.4, -0.2) is 16.8 Å². The number of hydrogen-bond acceptors (Lipinski definition) is 5. The zero-order valence-corrected chi connectivity index (χ0v) is 15.6. The van der Waals surface area contributed by atoms with E-state index in [4.69, 9.17) is 27.6 Å². The molecule has 0 saturated carbocycles. The Kier molecular flexibility index (Phi) is 5.92. The van der Waals surface area contributed by atoms with E-state index in [0.717, 1.165) is 0 Å².